The van der Waals surface area contributed by atoms with Gasteiger partial charge in [-0.15, -0.1) is 10.2 Å². The molecule has 0 bridgehead atoms. The number of hydrogen-bond acceptors (Lipinski definition) is 6. The number of methoxy groups -OCH3 is 1. The van der Waals surface area contributed by atoms with Crippen LogP contribution >= 0.6 is 11.8 Å². The third kappa shape index (κ3) is 3.17. The largest absolute Gasteiger partial charge is 0.465 e. The van der Waals surface area contributed by atoms with Gasteiger partial charge in [0, 0.05) is 10.5 Å². The van der Waals surface area contributed by atoms with Crippen molar-refractivity contribution in [1.82, 2.24) is 10.2 Å². The second-order valence-corrected chi connectivity index (χ2v) is 5.38. The summed E-state index contributed by atoms with van der Waals surface area (Å²) in [6.45, 7) is 0. The predicted octanol–water partition coefficient (Wildman–Crippen LogP) is 3.67. The van der Waals surface area contributed by atoms with Crippen LogP contribution in [0, 0.1) is 0 Å². The molecule has 22 heavy (non-hydrogen) atoms. The molecular formula is C16H12N2O3S. The van der Waals surface area contributed by atoms with E-state index in [-0.39, 0.29) is 5.97 Å². The van der Waals surface area contributed by atoms with Crippen LogP contribution in [0.25, 0.3) is 11.5 Å². The summed E-state index contributed by atoms with van der Waals surface area (Å²) in [6.07, 6.45) is 0. The minimum atomic E-state index is -0.360. The Kier molecular flexibility index (Phi) is 4.20. The topological polar surface area (TPSA) is 65.2 Å². The Morgan fingerprint density at radius 1 is 1.05 bits per heavy atom. The van der Waals surface area contributed by atoms with Crippen LogP contribution in [0.2, 0.25) is 0 Å². The van der Waals surface area contributed by atoms with Gasteiger partial charge in [0.25, 0.3) is 5.22 Å². The maximum atomic E-state index is 11.4. The third-order valence-corrected chi connectivity index (χ3v) is 3.76. The highest BCUT2D eigenvalue weighted by Gasteiger charge is 2.10. The van der Waals surface area contributed by atoms with E-state index >= 15 is 0 Å². The second kappa shape index (κ2) is 6.44. The number of hydrogen-bond donors (Lipinski definition) is 0. The molecular weight excluding hydrogens is 300 g/mol. The summed E-state index contributed by atoms with van der Waals surface area (Å²) >= 11 is 1.34. The van der Waals surface area contributed by atoms with Crippen LogP contribution < -0.4 is 0 Å². The Bertz CT molecular complexity index is 770. The van der Waals surface area contributed by atoms with Gasteiger partial charge in [-0.05, 0) is 48.2 Å². The van der Waals surface area contributed by atoms with Crippen molar-refractivity contribution in [3.05, 3.63) is 60.2 Å². The van der Waals surface area contributed by atoms with Crippen LogP contribution in [0.1, 0.15) is 10.4 Å². The molecule has 1 aromatic heterocycles. The van der Waals surface area contributed by atoms with Crippen LogP contribution in [-0.2, 0) is 4.74 Å². The van der Waals surface area contributed by atoms with Crippen LogP contribution in [-0.4, -0.2) is 23.3 Å². The summed E-state index contributed by atoms with van der Waals surface area (Å²) in [7, 11) is 1.36. The maximum Gasteiger partial charge on any atom is 0.337 e. The molecule has 3 aromatic rings. The number of nitrogens with zero attached hydrogens (tertiary/aromatic N) is 2. The van der Waals surface area contributed by atoms with Gasteiger partial charge in [-0.1, -0.05) is 18.2 Å². The van der Waals surface area contributed by atoms with Crippen molar-refractivity contribution in [3.8, 4) is 11.5 Å². The standard InChI is InChI=1S/C16H12N2O3S/c1-20-15(19)12-7-9-13(10-8-12)22-16-18-17-14(21-16)11-5-3-2-4-6-11/h2-10H,1H3. The second-order valence-electron chi connectivity index (χ2n) is 4.36. The summed E-state index contributed by atoms with van der Waals surface area (Å²) in [5.74, 6) is 0.120. The number of esters is 1. The van der Waals surface area contributed by atoms with E-state index in [4.69, 9.17) is 4.42 Å². The summed E-state index contributed by atoms with van der Waals surface area (Å²) in [5, 5.41) is 8.50. The smallest absolute Gasteiger partial charge is 0.337 e. The highest BCUT2D eigenvalue weighted by atomic mass is 32.2. The van der Waals surface area contributed by atoms with Gasteiger partial charge < -0.3 is 9.15 Å². The van der Waals surface area contributed by atoms with E-state index in [1.807, 2.05) is 42.5 Å². The average molecular weight is 312 g/mol. The molecule has 110 valence electrons. The van der Waals surface area contributed by atoms with E-state index in [2.05, 4.69) is 14.9 Å². The molecule has 0 amide bonds. The quantitative estimate of drug-likeness (QED) is 0.685. The molecule has 0 aliphatic rings. The number of aromatic nitrogens is 2. The van der Waals surface area contributed by atoms with Crippen molar-refractivity contribution in [2.24, 2.45) is 0 Å². The van der Waals surface area contributed by atoms with Gasteiger partial charge in [0.05, 0.1) is 12.7 Å². The van der Waals surface area contributed by atoms with Crippen LogP contribution in [0.3, 0.4) is 0 Å². The molecule has 5 nitrogen and oxygen atoms in total. The number of carbonyl (C=O) groups is 1. The number of benzene rings is 2. The Morgan fingerprint density at radius 2 is 1.77 bits per heavy atom. The van der Waals surface area contributed by atoms with Crippen molar-refractivity contribution in [1.29, 1.82) is 0 Å². The molecule has 0 radical (unpaired) electrons. The average Bonchev–Trinajstić information content (AvgIpc) is 3.04. The lowest BCUT2D eigenvalue weighted by atomic mass is 10.2. The van der Waals surface area contributed by atoms with Crippen molar-refractivity contribution in [2.45, 2.75) is 10.1 Å². The summed E-state index contributed by atoms with van der Waals surface area (Å²) in [6, 6.07) is 16.6. The van der Waals surface area contributed by atoms with Crippen molar-refractivity contribution in [3.63, 3.8) is 0 Å². The minimum Gasteiger partial charge on any atom is -0.465 e. The molecule has 0 atom stereocenters. The molecule has 1 heterocycles. The van der Waals surface area contributed by atoms with Crippen molar-refractivity contribution in [2.75, 3.05) is 7.11 Å². The first-order valence-electron chi connectivity index (χ1n) is 6.51. The lowest BCUT2D eigenvalue weighted by molar-refractivity contribution is 0.0600. The Balaban J connectivity index is 1.74. The van der Waals surface area contributed by atoms with E-state index in [0.29, 0.717) is 16.7 Å². The molecule has 3 rings (SSSR count). The Morgan fingerprint density at radius 3 is 2.45 bits per heavy atom. The fourth-order valence-electron chi connectivity index (χ4n) is 1.83. The maximum absolute atomic E-state index is 11.4. The Hall–Kier alpha value is -2.60. The van der Waals surface area contributed by atoms with Gasteiger partial charge in [-0.2, -0.15) is 0 Å². The summed E-state index contributed by atoms with van der Waals surface area (Å²) in [5.41, 5.74) is 1.38. The normalized spacial score (nSPS) is 10.4. The molecule has 0 unspecified atom stereocenters. The first-order chi connectivity index (χ1) is 10.8. The monoisotopic (exact) mass is 312 g/mol. The van der Waals surface area contributed by atoms with Gasteiger partial charge in [0.15, 0.2) is 0 Å². The SMILES string of the molecule is COC(=O)c1ccc(Sc2nnc(-c3ccccc3)o2)cc1. The van der Waals surface area contributed by atoms with Crippen LogP contribution in [0.5, 0.6) is 0 Å². The van der Waals surface area contributed by atoms with Gasteiger partial charge in [0.1, 0.15) is 0 Å². The Labute approximate surface area is 131 Å². The third-order valence-electron chi connectivity index (χ3n) is 2.91. The van der Waals surface area contributed by atoms with Crippen LogP contribution in [0.4, 0.5) is 0 Å². The van der Waals surface area contributed by atoms with E-state index in [0.717, 1.165) is 10.5 Å². The summed E-state index contributed by atoms with van der Waals surface area (Å²) in [4.78, 5) is 12.3. The number of carbonyl (C=O) groups excluding carboxylic acids is 1. The van der Waals surface area contributed by atoms with E-state index in [1.54, 1.807) is 12.1 Å². The van der Waals surface area contributed by atoms with Crippen molar-refractivity contribution >= 4 is 17.7 Å². The fourth-order valence-corrected chi connectivity index (χ4v) is 2.50. The van der Waals surface area contributed by atoms with E-state index in [9.17, 15) is 4.79 Å². The lowest BCUT2D eigenvalue weighted by Gasteiger charge is -2.00. The number of rotatable bonds is 4. The van der Waals surface area contributed by atoms with Gasteiger partial charge >= 0.3 is 5.97 Å². The molecule has 2 aromatic carbocycles. The molecule has 0 aliphatic carbocycles. The lowest BCUT2D eigenvalue weighted by Crippen LogP contribution is -2.00. The first kappa shape index (κ1) is 14.3. The van der Waals surface area contributed by atoms with Crippen molar-refractivity contribution < 1.29 is 13.9 Å². The van der Waals surface area contributed by atoms with Gasteiger partial charge in [0.2, 0.25) is 5.89 Å². The molecule has 0 saturated carbocycles. The van der Waals surface area contributed by atoms with Crippen LogP contribution in [0.15, 0.2) is 69.1 Å². The first-order valence-corrected chi connectivity index (χ1v) is 7.33. The highest BCUT2D eigenvalue weighted by molar-refractivity contribution is 7.99. The zero-order valence-electron chi connectivity index (χ0n) is 11.7. The van der Waals surface area contributed by atoms with E-state index in [1.165, 1.54) is 18.9 Å². The summed E-state index contributed by atoms with van der Waals surface area (Å²) < 4.78 is 10.3. The van der Waals surface area contributed by atoms with E-state index < -0.39 is 0 Å². The highest BCUT2D eigenvalue weighted by Crippen LogP contribution is 2.29. The molecule has 0 saturated heterocycles. The zero-order chi connectivity index (χ0) is 15.4. The molecule has 0 fully saturated rings. The molecule has 0 spiro atoms. The van der Waals surface area contributed by atoms with Gasteiger partial charge in [-0.3, -0.25) is 0 Å². The molecule has 0 N–H and O–H groups in total. The fraction of sp³-hybridized carbons (Fsp3) is 0.0625. The zero-order valence-corrected chi connectivity index (χ0v) is 12.5. The van der Waals surface area contributed by atoms with Gasteiger partial charge in [-0.25, -0.2) is 4.79 Å². The molecule has 6 heteroatoms. The minimum absolute atomic E-state index is 0.360. The number of ether oxygens (including phenoxy) is 1. The molecule has 0 aliphatic heterocycles. The predicted molar refractivity (Wildman–Crippen MR) is 81.6 cm³/mol.